The highest BCUT2D eigenvalue weighted by molar-refractivity contribution is 5.34. The number of anilines is 1. The van der Waals surface area contributed by atoms with Crippen LogP contribution >= 0.6 is 0 Å². The summed E-state index contributed by atoms with van der Waals surface area (Å²) in [6, 6.07) is 1.99. The molecule has 10 heavy (non-hydrogen) atoms. The van der Waals surface area contributed by atoms with Crippen LogP contribution in [0.4, 0.5) is 5.82 Å². The fraction of sp³-hybridized carbons (Fsp3) is 0.429. The molecule has 0 amide bonds. The summed E-state index contributed by atoms with van der Waals surface area (Å²) in [7, 11) is 0. The predicted molar refractivity (Wildman–Crippen MR) is 42.4 cm³/mol. The van der Waals surface area contributed by atoms with Crippen LogP contribution in [-0.4, -0.2) is 4.98 Å². The van der Waals surface area contributed by atoms with Gasteiger partial charge in [-0.1, -0.05) is 6.92 Å². The Kier molecular flexibility index (Phi) is 1.97. The van der Waals surface area contributed by atoms with E-state index in [1.54, 1.807) is 0 Å². The van der Waals surface area contributed by atoms with Gasteiger partial charge in [0.25, 0.3) is 0 Å². The molecule has 0 radical (unpaired) electrons. The molecule has 0 aromatic carbocycles. The summed E-state index contributed by atoms with van der Waals surface area (Å²) in [4.78, 5) is 2.88. The molecule has 56 valence electrons. The number of H-pyrrole nitrogens is 1. The van der Waals surface area contributed by atoms with E-state index in [0.717, 1.165) is 12.0 Å². The van der Waals surface area contributed by atoms with Crippen molar-refractivity contribution in [2.24, 2.45) is 5.73 Å². The van der Waals surface area contributed by atoms with Crippen molar-refractivity contribution in [1.29, 1.82) is 0 Å². The highest BCUT2D eigenvalue weighted by atomic mass is 14.8. The first-order valence-corrected chi connectivity index (χ1v) is 3.43. The van der Waals surface area contributed by atoms with E-state index in [1.807, 2.05) is 19.2 Å². The van der Waals surface area contributed by atoms with Crippen molar-refractivity contribution in [3.8, 4) is 0 Å². The minimum atomic E-state index is 0.119. The van der Waals surface area contributed by atoms with E-state index in [1.165, 1.54) is 0 Å². The maximum Gasteiger partial charge on any atom is 0.100 e. The molecule has 0 aliphatic rings. The van der Waals surface area contributed by atoms with Crippen molar-refractivity contribution < 1.29 is 0 Å². The fourth-order valence-electron chi connectivity index (χ4n) is 0.879. The number of rotatable bonds is 2. The second-order valence-corrected chi connectivity index (χ2v) is 2.40. The molecule has 0 spiro atoms. The van der Waals surface area contributed by atoms with Crippen molar-refractivity contribution in [3.63, 3.8) is 0 Å². The van der Waals surface area contributed by atoms with Crippen LogP contribution in [0.5, 0.6) is 0 Å². The maximum absolute atomic E-state index is 5.73. The number of nitrogens with two attached hydrogens (primary N) is 2. The normalized spacial score (nSPS) is 13.4. The van der Waals surface area contributed by atoms with Crippen LogP contribution in [0, 0.1) is 0 Å². The van der Waals surface area contributed by atoms with E-state index >= 15 is 0 Å². The summed E-state index contributed by atoms with van der Waals surface area (Å²) in [5.41, 5.74) is 12.3. The first-order valence-electron chi connectivity index (χ1n) is 3.43. The number of nitrogens with one attached hydrogen (secondary N) is 1. The van der Waals surface area contributed by atoms with Crippen LogP contribution < -0.4 is 11.5 Å². The lowest BCUT2D eigenvalue weighted by atomic mass is 10.1. The van der Waals surface area contributed by atoms with Gasteiger partial charge in [0.2, 0.25) is 0 Å². The molecule has 3 heteroatoms. The maximum atomic E-state index is 5.73. The molecule has 1 aromatic rings. The van der Waals surface area contributed by atoms with E-state index < -0.39 is 0 Å². The van der Waals surface area contributed by atoms with Gasteiger partial charge in [-0.2, -0.15) is 0 Å². The largest absolute Gasteiger partial charge is 0.385 e. The Morgan fingerprint density at radius 1 is 1.70 bits per heavy atom. The third kappa shape index (κ3) is 1.30. The van der Waals surface area contributed by atoms with Gasteiger partial charge in [0.05, 0.1) is 0 Å². The first kappa shape index (κ1) is 7.15. The third-order valence-corrected chi connectivity index (χ3v) is 1.60. The van der Waals surface area contributed by atoms with Gasteiger partial charge < -0.3 is 16.5 Å². The lowest BCUT2D eigenvalue weighted by Gasteiger charge is -2.03. The molecule has 1 heterocycles. The Balaban J connectivity index is 2.74. The Morgan fingerprint density at radius 2 is 2.40 bits per heavy atom. The van der Waals surface area contributed by atoms with Crippen molar-refractivity contribution in [2.45, 2.75) is 19.4 Å². The van der Waals surface area contributed by atoms with Crippen LogP contribution in [0.1, 0.15) is 24.9 Å². The summed E-state index contributed by atoms with van der Waals surface area (Å²) in [6.07, 6.45) is 2.79. The SMILES string of the molecule is CC[C@@H](N)c1c[nH]c(N)c1. The molecule has 0 saturated heterocycles. The summed E-state index contributed by atoms with van der Waals surface area (Å²) < 4.78 is 0. The molecule has 0 aliphatic heterocycles. The molecule has 1 atom stereocenters. The minimum absolute atomic E-state index is 0.119. The zero-order chi connectivity index (χ0) is 7.56. The number of aromatic nitrogens is 1. The monoisotopic (exact) mass is 139 g/mol. The van der Waals surface area contributed by atoms with Gasteiger partial charge in [0.1, 0.15) is 5.82 Å². The zero-order valence-corrected chi connectivity index (χ0v) is 6.09. The fourth-order valence-corrected chi connectivity index (χ4v) is 0.879. The second-order valence-electron chi connectivity index (χ2n) is 2.40. The molecule has 1 aromatic heterocycles. The third-order valence-electron chi connectivity index (χ3n) is 1.60. The Hall–Kier alpha value is -0.960. The Morgan fingerprint density at radius 3 is 2.80 bits per heavy atom. The smallest absolute Gasteiger partial charge is 0.100 e. The quantitative estimate of drug-likeness (QED) is 0.572. The molecular weight excluding hydrogens is 126 g/mol. The number of hydrogen-bond acceptors (Lipinski definition) is 2. The van der Waals surface area contributed by atoms with E-state index in [0.29, 0.717) is 5.82 Å². The predicted octanol–water partition coefficient (Wildman–Crippen LogP) is 1.01. The standard InChI is InChI=1S/C7H13N3/c1-2-6(8)5-3-7(9)10-4-5/h3-4,6,10H,2,8-9H2,1H3/t6-/m1/s1. The van der Waals surface area contributed by atoms with Crippen molar-refractivity contribution >= 4 is 5.82 Å². The van der Waals surface area contributed by atoms with Crippen molar-refractivity contribution in [2.75, 3.05) is 5.73 Å². The van der Waals surface area contributed by atoms with Gasteiger partial charge in [0, 0.05) is 12.2 Å². The highest BCUT2D eigenvalue weighted by Gasteiger charge is 2.03. The van der Waals surface area contributed by atoms with Crippen LogP contribution in [0.25, 0.3) is 0 Å². The number of hydrogen-bond donors (Lipinski definition) is 3. The molecule has 0 aliphatic carbocycles. The van der Waals surface area contributed by atoms with Gasteiger partial charge in [-0.3, -0.25) is 0 Å². The average molecular weight is 139 g/mol. The number of nitrogen functional groups attached to an aromatic ring is 1. The summed E-state index contributed by atoms with van der Waals surface area (Å²) >= 11 is 0. The summed E-state index contributed by atoms with van der Waals surface area (Å²) in [6.45, 7) is 2.05. The van der Waals surface area contributed by atoms with E-state index in [9.17, 15) is 0 Å². The minimum Gasteiger partial charge on any atom is -0.385 e. The highest BCUT2D eigenvalue weighted by Crippen LogP contribution is 2.14. The van der Waals surface area contributed by atoms with Crippen LogP contribution in [0.2, 0.25) is 0 Å². The van der Waals surface area contributed by atoms with Gasteiger partial charge >= 0.3 is 0 Å². The number of aromatic amines is 1. The molecule has 0 saturated carbocycles. The van der Waals surface area contributed by atoms with E-state index in [2.05, 4.69) is 4.98 Å². The molecule has 5 N–H and O–H groups in total. The van der Waals surface area contributed by atoms with Gasteiger partial charge in [-0.25, -0.2) is 0 Å². The van der Waals surface area contributed by atoms with Crippen LogP contribution in [0.15, 0.2) is 12.3 Å². The van der Waals surface area contributed by atoms with Crippen LogP contribution in [0.3, 0.4) is 0 Å². The van der Waals surface area contributed by atoms with Crippen molar-refractivity contribution in [1.82, 2.24) is 4.98 Å². The van der Waals surface area contributed by atoms with Gasteiger partial charge in [-0.05, 0) is 18.1 Å². The molecule has 0 fully saturated rings. The topological polar surface area (TPSA) is 67.8 Å². The lowest BCUT2D eigenvalue weighted by Crippen LogP contribution is -2.06. The Bertz CT molecular complexity index is 204. The first-order chi connectivity index (χ1) is 4.74. The summed E-state index contributed by atoms with van der Waals surface area (Å²) in [5, 5.41) is 0. The van der Waals surface area contributed by atoms with E-state index in [-0.39, 0.29) is 6.04 Å². The summed E-state index contributed by atoms with van der Waals surface area (Å²) in [5.74, 6) is 0.680. The van der Waals surface area contributed by atoms with E-state index in [4.69, 9.17) is 11.5 Å². The molecule has 0 bridgehead atoms. The van der Waals surface area contributed by atoms with Crippen LogP contribution in [-0.2, 0) is 0 Å². The van der Waals surface area contributed by atoms with Crippen molar-refractivity contribution in [3.05, 3.63) is 17.8 Å². The lowest BCUT2D eigenvalue weighted by molar-refractivity contribution is 0.700. The average Bonchev–Trinajstić information content (AvgIpc) is 2.34. The second kappa shape index (κ2) is 2.75. The molecule has 0 unspecified atom stereocenters. The molecular formula is C7H13N3. The zero-order valence-electron chi connectivity index (χ0n) is 6.09. The van der Waals surface area contributed by atoms with Gasteiger partial charge in [-0.15, -0.1) is 0 Å². The molecule has 3 nitrogen and oxygen atoms in total. The Labute approximate surface area is 60.4 Å². The van der Waals surface area contributed by atoms with Gasteiger partial charge in [0.15, 0.2) is 0 Å². The molecule has 1 rings (SSSR count).